The zero-order valence-electron chi connectivity index (χ0n) is 8.23. The first-order valence-corrected chi connectivity index (χ1v) is 5.13. The predicted octanol–water partition coefficient (Wildman–Crippen LogP) is 2.77. The molecule has 1 aromatic heterocycles. The number of nitriles is 1. The van der Waals surface area contributed by atoms with Crippen LogP contribution in [-0.2, 0) is 6.42 Å². The van der Waals surface area contributed by atoms with Gasteiger partial charge in [0.2, 0.25) is 0 Å². The van der Waals surface area contributed by atoms with E-state index in [1.807, 2.05) is 18.2 Å². The monoisotopic (exact) mass is 198 g/mol. The maximum atomic E-state index is 8.60. The van der Waals surface area contributed by atoms with Gasteiger partial charge in [-0.2, -0.15) is 5.26 Å². The van der Waals surface area contributed by atoms with E-state index in [1.54, 1.807) is 0 Å². The molecule has 1 fully saturated rings. The number of fused-ring (bicyclic) bond motifs is 1. The lowest BCUT2D eigenvalue weighted by Crippen LogP contribution is -1.80. The van der Waals surface area contributed by atoms with Gasteiger partial charge in [0.05, 0.1) is 12.5 Å². The van der Waals surface area contributed by atoms with Crippen molar-refractivity contribution in [2.75, 3.05) is 0 Å². The van der Waals surface area contributed by atoms with Gasteiger partial charge >= 0.3 is 0 Å². The maximum absolute atomic E-state index is 8.60. The second-order valence-electron chi connectivity index (χ2n) is 3.96. The second-order valence-corrected chi connectivity index (χ2v) is 3.96. The molecular weight excluding hydrogens is 188 g/mol. The minimum absolute atomic E-state index is 0.432. The van der Waals surface area contributed by atoms with E-state index in [1.165, 1.54) is 12.8 Å². The topological polar surface area (TPSA) is 49.8 Å². The molecule has 3 rings (SSSR count). The molecule has 15 heavy (non-hydrogen) atoms. The van der Waals surface area contributed by atoms with Gasteiger partial charge in [0.25, 0.3) is 0 Å². The first-order chi connectivity index (χ1) is 7.36. The number of benzene rings is 1. The molecule has 3 nitrogen and oxygen atoms in total. The Morgan fingerprint density at radius 3 is 3.07 bits per heavy atom. The highest BCUT2D eigenvalue weighted by Crippen LogP contribution is 2.40. The molecule has 1 aliphatic carbocycles. The van der Waals surface area contributed by atoms with Gasteiger partial charge in [-0.3, -0.25) is 0 Å². The van der Waals surface area contributed by atoms with E-state index in [4.69, 9.17) is 9.68 Å². The van der Waals surface area contributed by atoms with Crippen LogP contribution in [0.25, 0.3) is 11.1 Å². The summed E-state index contributed by atoms with van der Waals surface area (Å²) in [6.07, 6.45) is 2.82. The Balaban J connectivity index is 2.06. The molecule has 0 aliphatic heterocycles. The highest BCUT2D eigenvalue weighted by molar-refractivity contribution is 5.73. The van der Waals surface area contributed by atoms with Crippen molar-refractivity contribution in [2.45, 2.75) is 25.2 Å². The van der Waals surface area contributed by atoms with Gasteiger partial charge in [0.1, 0.15) is 5.52 Å². The van der Waals surface area contributed by atoms with Crippen LogP contribution in [0.2, 0.25) is 0 Å². The Morgan fingerprint density at radius 1 is 1.47 bits per heavy atom. The van der Waals surface area contributed by atoms with E-state index in [0.717, 1.165) is 22.6 Å². The number of rotatable bonds is 2. The number of hydrogen-bond donors (Lipinski definition) is 0. The Morgan fingerprint density at radius 2 is 2.33 bits per heavy atom. The molecule has 3 heteroatoms. The van der Waals surface area contributed by atoms with Gasteiger partial charge in [-0.25, -0.2) is 4.98 Å². The van der Waals surface area contributed by atoms with Crippen molar-refractivity contribution in [3.8, 4) is 6.07 Å². The summed E-state index contributed by atoms with van der Waals surface area (Å²) < 4.78 is 5.63. The summed E-state index contributed by atoms with van der Waals surface area (Å²) in [7, 11) is 0. The molecule has 1 saturated carbocycles. The third-order valence-corrected chi connectivity index (χ3v) is 2.68. The number of oxazole rings is 1. The first-order valence-electron chi connectivity index (χ1n) is 5.13. The zero-order chi connectivity index (χ0) is 10.3. The molecule has 1 aromatic carbocycles. The van der Waals surface area contributed by atoms with E-state index in [0.29, 0.717) is 12.3 Å². The molecule has 0 unspecified atom stereocenters. The summed E-state index contributed by atoms with van der Waals surface area (Å²) in [5.74, 6) is 1.40. The molecule has 1 aliphatic rings. The molecule has 0 radical (unpaired) electrons. The molecular formula is C12H10N2O. The molecule has 74 valence electrons. The van der Waals surface area contributed by atoms with E-state index >= 15 is 0 Å². The normalized spacial score (nSPS) is 15.4. The lowest BCUT2D eigenvalue weighted by Gasteiger charge is -1.91. The molecule has 0 spiro atoms. The molecule has 0 amide bonds. The minimum atomic E-state index is 0.432. The average molecular weight is 198 g/mol. The lowest BCUT2D eigenvalue weighted by molar-refractivity contribution is 0.533. The van der Waals surface area contributed by atoms with Gasteiger partial charge in [0, 0.05) is 5.92 Å². The molecule has 2 aromatic rings. The van der Waals surface area contributed by atoms with Crippen LogP contribution in [0.3, 0.4) is 0 Å². The quantitative estimate of drug-likeness (QED) is 0.745. The van der Waals surface area contributed by atoms with Crippen LogP contribution >= 0.6 is 0 Å². The fourth-order valence-electron chi connectivity index (χ4n) is 1.70. The second kappa shape index (κ2) is 3.09. The van der Waals surface area contributed by atoms with Crippen LogP contribution in [0.5, 0.6) is 0 Å². The zero-order valence-corrected chi connectivity index (χ0v) is 8.23. The Labute approximate surface area is 87.3 Å². The summed E-state index contributed by atoms with van der Waals surface area (Å²) in [6.45, 7) is 0. The molecule has 0 saturated heterocycles. The van der Waals surface area contributed by atoms with Crippen molar-refractivity contribution >= 4 is 11.1 Å². The molecule has 1 heterocycles. The van der Waals surface area contributed by atoms with Crippen molar-refractivity contribution in [3.05, 3.63) is 29.7 Å². The fraction of sp³-hybridized carbons (Fsp3) is 0.333. The van der Waals surface area contributed by atoms with Crippen LogP contribution in [0.1, 0.15) is 30.2 Å². The highest BCUT2D eigenvalue weighted by Gasteiger charge is 2.28. The third kappa shape index (κ3) is 1.48. The largest absolute Gasteiger partial charge is 0.440 e. The molecule has 0 N–H and O–H groups in total. The molecule has 0 bridgehead atoms. The van der Waals surface area contributed by atoms with Crippen LogP contribution in [0.4, 0.5) is 0 Å². The molecule has 0 atom stereocenters. The van der Waals surface area contributed by atoms with Crippen molar-refractivity contribution in [3.63, 3.8) is 0 Å². The third-order valence-electron chi connectivity index (χ3n) is 2.68. The van der Waals surface area contributed by atoms with Crippen molar-refractivity contribution in [1.82, 2.24) is 4.98 Å². The van der Waals surface area contributed by atoms with Gasteiger partial charge in [-0.1, -0.05) is 6.07 Å². The van der Waals surface area contributed by atoms with Crippen LogP contribution in [-0.4, -0.2) is 4.98 Å². The van der Waals surface area contributed by atoms with Gasteiger partial charge < -0.3 is 4.42 Å². The fourth-order valence-corrected chi connectivity index (χ4v) is 1.70. The van der Waals surface area contributed by atoms with Gasteiger partial charge in [0.15, 0.2) is 11.5 Å². The summed E-state index contributed by atoms with van der Waals surface area (Å²) in [5, 5.41) is 8.60. The smallest absolute Gasteiger partial charge is 0.198 e. The standard InChI is InChI=1S/C12H10N2O/c13-6-5-8-1-4-11-10(7-8)14-12(15-11)9-2-3-9/h1,4,7,9H,2-3,5H2. The van der Waals surface area contributed by atoms with Crippen LogP contribution in [0.15, 0.2) is 22.6 Å². The average Bonchev–Trinajstić information content (AvgIpc) is 2.99. The predicted molar refractivity (Wildman–Crippen MR) is 55.3 cm³/mol. The number of hydrogen-bond acceptors (Lipinski definition) is 3. The van der Waals surface area contributed by atoms with Crippen molar-refractivity contribution in [2.24, 2.45) is 0 Å². The number of nitrogens with zero attached hydrogens (tertiary/aromatic N) is 2. The van der Waals surface area contributed by atoms with Gasteiger partial charge in [-0.15, -0.1) is 0 Å². The highest BCUT2D eigenvalue weighted by atomic mass is 16.3. The summed E-state index contributed by atoms with van der Waals surface area (Å²) in [4.78, 5) is 4.44. The minimum Gasteiger partial charge on any atom is -0.440 e. The van der Waals surface area contributed by atoms with Crippen LogP contribution in [0, 0.1) is 11.3 Å². The van der Waals surface area contributed by atoms with E-state index < -0.39 is 0 Å². The SMILES string of the molecule is N#CCc1ccc2oc(C3CC3)nc2c1. The van der Waals surface area contributed by atoms with Gasteiger partial charge in [-0.05, 0) is 30.5 Å². The van der Waals surface area contributed by atoms with Crippen LogP contribution < -0.4 is 0 Å². The van der Waals surface area contributed by atoms with Crippen molar-refractivity contribution < 1.29 is 4.42 Å². The Hall–Kier alpha value is -1.82. The summed E-state index contributed by atoms with van der Waals surface area (Å²) in [5.41, 5.74) is 2.71. The summed E-state index contributed by atoms with van der Waals surface area (Å²) in [6, 6.07) is 7.90. The lowest BCUT2D eigenvalue weighted by atomic mass is 10.1. The van der Waals surface area contributed by atoms with E-state index in [9.17, 15) is 0 Å². The Bertz CT molecular complexity index is 546. The summed E-state index contributed by atoms with van der Waals surface area (Å²) >= 11 is 0. The van der Waals surface area contributed by atoms with E-state index in [-0.39, 0.29) is 0 Å². The van der Waals surface area contributed by atoms with E-state index in [2.05, 4.69) is 11.1 Å². The number of aromatic nitrogens is 1. The Kier molecular flexibility index (Phi) is 1.75. The first kappa shape index (κ1) is 8.49. The van der Waals surface area contributed by atoms with Crippen molar-refractivity contribution in [1.29, 1.82) is 5.26 Å². The maximum Gasteiger partial charge on any atom is 0.198 e.